The van der Waals surface area contributed by atoms with Crippen LogP contribution in [0.2, 0.25) is 5.02 Å². The van der Waals surface area contributed by atoms with E-state index in [2.05, 4.69) is 4.90 Å². The topological polar surface area (TPSA) is 40.6 Å². The van der Waals surface area contributed by atoms with Crippen LogP contribution in [0, 0.1) is 6.92 Å². The highest BCUT2D eigenvalue weighted by atomic mass is 35.5. The minimum absolute atomic E-state index is 0.0543. The van der Waals surface area contributed by atoms with Crippen molar-refractivity contribution in [2.24, 2.45) is 0 Å². The number of ketones is 1. The summed E-state index contributed by atoms with van der Waals surface area (Å²) < 4.78 is 0. The van der Waals surface area contributed by atoms with Crippen molar-refractivity contribution in [2.75, 3.05) is 26.2 Å². The summed E-state index contributed by atoms with van der Waals surface area (Å²) in [6.45, 7) is 7.24. The molecule has 0 N–H and O–H groups in total. The van der Waals surface area contributed by atoms with E-state index < -0.39 is 0 Å². The van der Waals surface area contributed by atoms with Gasteiger partial charge in [-0.2, -0.15) is 0 Å². The number of carbonyl (C=O) groups excluding carboxylic acids is 2. The van der Waals surface area contributed by atoms with Crippen LogP contribution in [-0.4, -0.2) is 47.7 Å². The number of hydrogen-bond acceptors (Lipinski definition) is 3. The summed E-state index contributed by atoms with van der Waals surface area (Å²) in [5, 5.41) is 0.739. The maximum absolute atomic E-state index is 12.9. The van der Waals surface area contributed by atoms with Crippen molar-refractivity contribution >= 4 is 23.3 Å². The van der Waals surface area contributed by atoms with Gasteiger partial charge in [-0.05, 0) is 43.7 Å². The van der Waals surface area contributed by atoms with Gasteiger partial charge in [0.05, 0.1) is 5.56 Å². The van der Waals surface area contributed by atoms with Crippen LogP contribution in [0.25, 0.3) is 0 Å². The molecule has 26 heavy (non-hydrogen) atoms. The van der Waals surface area contributed by atoms with E-state index in [9.17, 15) is 9.59 Å². The Labute approximate surface area is 159 Å². The Kier molecular flexibility index (Phi) is 5.74. The van der Waals surface area contributed by atoms with E-state index in [4.69, 9.17) is 11.6 Å². The molecule has 1 fully saturated rings. The molecule has 0 aromatic heterocycles. The van der Waals surface area contributed by atoms with Crippen LogP contribution in [0.4, 0.5) is 0 Å². The Balaban J connectivity index is 1.64. The van der Waals surface area contributed by atoms with E-state index in [1.165, 1.54) is 12.5 Å². The van der Waals surface area contributed by atoms with Crippen LogP contribution in [0.3, 0.4) is 0 Å². The predicted octanol–water partition coefficient (Wildman–Crippen LogP) is 3.81. The lowest BCUT2D eigenvalue weighted by Gasteiger charge is -2.35. The lowest BCUT2D eigenvalue weighted by atomic mass is 10.00. The summed E-state index contributed by atoms with van der Waals surface area (Å²) in [7, 11) is 0. The smallest absolute Gasteiger partial charge is 0.254 e. The molecule has 2 aromatic carbocycles. The number of aryl methyl sites for hydroxylation is 1. The Morgan fingerprint density at radius 1 is 0.962 bits per heavy atom. The molecular weight excluding hydrogens is 348 g/mol. The third-order valence-corrected chi connectivity index (χ3v) is 5.02. The molecule has 1 amide bonds. The average Bonchev–Trinajstić information content (AvgIpc) is 2.63. The molecule has 0 unspecified atom stereocenters. The van der Waals surface area contributed by atoms with E-state index in [0.717, 1.165) is 30.2 Å². The molecule has 0 bridgehead atoms. The molecule has 0 saturated carbocycles. The Bertz CT molecular complexity index is 809. The maximum atomic E-state index is 12.9. The number of amides is 1. The van der Waals surface area contributed by atoms with Gasteiger partial charge in [0, 0.05) is 43.3 Å². The van der Waals surface area contributed by atoms with Gasteiger partial charge in [-0.3, -0.25) is 14.5 Å². The molecule has 5 heteroatoms. The van der Waals surface area contributed by atoms with Crippen molar-refractivity contribution in [2.45, 2.75) is 20.4 Å². The molecular formula is C21H23ClN2O2. The molecule has 4 nitrogen and oxygen atoms in total. The van der Waals surface area contributed by atoms with Crippen LogP contribution < -0.4 is 0 Å². The first-order chi connectivity index (χ1) is 12.4. The van der Waals surface area contributed by atoms with Gasteiger partial charge in [-0.1, -0.05) is 35.4 Å². The SMILES string of the molecule is CC(=O)c1cc(C)ccc1C(=O)N1CCN(Cc2ccc(Cl)cc2)CC1. The van der Waals surface area contributed by atoms with E-state index in [1.807, 2.05) is 42.2 Å². The lowest BCUT2D eigenvalue weighted by molar-refractivity contribution is 0.0625. The van der Waals surface area contributed by atoms with E-state index in [1.54, 1.807) is 12.1 Å². The summed E-state index contributed by atoms with van der Waals surface area (Å²) in [6.07, 6.45) is 0. The highest BCUT2D eigenvalue weighted by Crippen LogP contribution is 2.18. The van der Waals surface area contributed by atoms with Gasteiger partial charge in [0.2, 0.25) is 0 Å². The van der Waals surface area contributed by atoms with Crippen molar-refractivity contribution in [3.8, 4) is 0 Å². The standard InChI is InChI=1S/C21H23ClN2O2/c1-15-3-8-19(20(13-15)16(2)25)21(26)24-11-9-23(10-12-24)14-17-4-6-18(22)7-5-17/h3-8,13H,9-12,14H2,1-2H3. The Morgan fingerprint density at radius 2 is 1.62 bits per heavy atom. The van der Waals surface area contributed by atoms with E-state index in [-0.39, 0.29) is 11.7 Å². The molecule has 3 rings (SSSR count). The first-order valence-corrected chi connectivity index (χ1v) is 9.19. The summed E-state index contributed by atoms with van der Waals surface area (Å²) in [5.74, 6) is -0.125. The fraction of sp³-hybridized carbons (Fsp3) is 0.333. The third-order valence-electron chi connectivity index (χ3n) is 4.76. The summed E-state index contributed by atoms with van der Waals surface area (Å²) in [4.78, 5) is 28.9. The predicted molar refractivity (Wildman–Crippen MR) is 104 cm³/mol. The number of hydrogen-bond donors (Lipinski definition) is 0. The quantitative estimate of drug-likeness (QED) is 0.768. The molecule has 1 saturated heterocycles. The highest BCUT2D eigenvalue weighted by molar-refractivity contribution is 6.30. The van der Waals surface area contributed by atoms with Gasteiger partial charge in [0.15, 0.2) is 5.78 Å². The fourth-order valence-electron chi connectivity index (χ4n) is 3.26. The van der Waals surface area contributed by atoms with Crippen molar-refractivity contribution in [1.29, 1.82) is 0 Å². The van der Waals surface area contributed by atoms with Crippen molar-refractivity contribution in [3.05, 3.63) is 69.7 Å². The van der Waals surface area contributed by atoms with Gasteiger partial charge in [-0.15, -0.1) is 0 Å². The lowest BCUT2D eigenvalue weighted by Crippen LogP contribution is -2.48. The zero-order chi connectivity index (χ0) is 18.7. The first kappa shape index (κ1) is 18.6. The minimum Gasteiger partial charge on any atom is -0.336 e. The van der Waals surface area contributed by atoms with Crippen LogP contribution in [0.5, 0.6) is 0 Å². The molecule has 0 spiro atoms. The van der Waals surface area contributed by atoms with Crippen LogP contribution in [0.1, 0.15) is 38.8 Å². The second-order valence-electron chi connectivity index (χ2n) is 6.80. The minimum atomic E-state index is -0.0709. The normalized spacial score (nSPS) is 15.1. The first-order valence-electron chi connectivity index (χ1n) is 8.81. The van der Waals surface area contributed by atoms with Crippen molar-refractivity contribution < 1.29 is 9.59 Å². The van der Waals surface area contributed by atoms with Gasteiger partial charge in [0.1, 0.15) is 0 Å². The number of carbonyl (C=O) groups is 2. The maximum Gasteiger partial charge on any atom is 0.254 e. The summed E-state index contributed by atoms with van der Waals surface area (Å²) in [5.41, 5.74) is 3.22. The summed E-state index contributed by atoms with van der Waals surface area (Å²) >= 11 is 5.93. The zero-order valence-corrected chi connectivity index (χ0v) is 15.9. The van der Waals surface area contributed by atoms with E-state index in [0.29, 0.717) is 24.2 Å². The number of rotatable bonds is 4. The zero-order valence-electron chi connectivity index (χ0n) is 15.2. The number of piperazine rings is 1. The number of benzene rings is 2. The fourth-order valence-corrected chi connectivity index (χ4v) is 3.39. The summed E-state index contributed by atoms with van der Waals surface area (Å²) in [6, 6.07) is 13.3. The molecule has 1 aliphatic rings. The second kappa shape index (κ2) is 8.02. The van der Waals surface area contributed by atoms with Gasteiger partial charge in [0.25, 0.3) is 5.91 Å². The van der Waals surface area contributed by atoms with Gasteiger partial charge >= 0.3 is 0 Å². The van der Waals surface area contributed by atoms with E-state index >= 15 is 0 Å². The third kappa shape index (κ3) is 4.32. The monoisotopic (exact) mass is 370 g/mol. The molecule has 2 aromatic rings. The van der Waals surface area contributed by atoms with Crippen LogP contribution >= 0.6 is 11.6 Å². The number of halogens is 1. The number of Topliss-reactive ketones (excluding diaryl/α,β-unsaturated/α-hetero) is 1. The second-order valence-corrected chi connectivity index (χ2v) is 7.24. The Morgan fingerprint density at radius 3 is 2.23 bits per heavy atom. The van der Waals surface area contributed by atoms with Crippen LogP contribution in [0.15, 0.2) is 42.5 Å². The Hall–Kier alpha value is -2.17. The molecule has 0 aliphatic carbocycles. The molecule has 0 atom stereocenters. The van der Waals surface area contributed by atoms with Crippen LogP contribution in [-0.2, 0) is 6.54 Å². The molecule has 136 valence electrons. The average molecular weight is 371 g/mol. The largest absolute Gasteiger partial charge is 0.336 e. The highest BCUT2D eigenvalue weighted by Gasteiger charge is 2.24. The van der Waals surface area contributed by atoms with Crippen molar-refractivity contribution in [1.82, 2.24) is 9.80 Å². The molecule has 1 aliphatic heterocycles. The van der Waals surface area contributed by atoms with Crippen molar-refractivity contribution in [3.63, 3.8) is 0 Å². The van der Waals surface area contributed by atoms with Gasteiger partial charge < -0.3 is 4.90 Å². The molecule has 0 radical (unpaired) electrons. The van der Waals surface area contributed by atoms with Gasteiger partial charge in [-0.25, -0.2) is 0 Å². The number of nitrogens with zero attached hydrogens (tertiary/aromatic N) is 2. The molecule has 1 heterocycles.